The third-order valence-electron chi connectivity index (χ3n) is 4.71. The van der Waals surface area contributed by atoms with Crippen molar-refractivity contribution in [1.82, 2.24) is 19.7 Å². The van der Waals surface area contributed by atoms with Gasteiger partial charge < -0.3 is 4.98 Å². The molecule has 0 saturated heterocycles. The molecule has 136 valence electrons. The van der Waals surface area contributed by atoms with Crippen LogP contribution in [0.25, 0.3) is 16.6 Å². The fraction of sp³-hybridized carbons (Fsp3) is 0.190. The number of ketones is 1. The zero-order valence-corrected chi connectivity index (χ0v) is 16.1. The van der Waals surface area contributed by atoms with Gasteiger partial charge in [-0.1, -0.05) is 55.1 Å². The molecule has 0 amide bonds. The maximum absolute atomic E-state index is 12.8. The van der Waals surface area contributed by atoms with Gasteiger partial charge in [-0.2, -0.15) is 0 Å². The van der Waals surface area contributed by atoms with Crippen LogP contribution in [0.15, 0.2) is 60.1 Å². The quantitative estimate of drug-likeness (QED) is 0.395. The Kier molecular flexibility index (Phi) is 4.81. The molecular weight excluding hydrogens is 356 g/mol. The first-order valence-corrected chi connectivity index (χ1v) is 9.88. The molecular formula is C21H20N4OS. The molecule has 2 aromatic carbocycles. The van der Waals surface area contributed by atoms with E-state index < -0.39 is 0 Å². The van der Waals surface area contributed by atoms with Crippen LogP contribution in [0, 0.1) is 6.92 Å². The molecule has 1 N–H and O–H groups in total. The number of benzene rings is 2. The van der Waals surface area contributed by atoms with E-state index in [1.165, 1.54) is 17.3 Å². The molecule has 6 heteroatoms. The molecule has 0 atom stereocenters. The van der Waals surface area contributed by atoms with Crippen LogP contribution in [0.2, 0.25) is 0 Å². The largest absolute Gasteiger partial charge is 0.360 e. The number of hydrogen-bond acceptors (Lipinski definition) is 4. The Labute approximate surface area is 161 Å². The molecule has 5 nitrogen and oxygen atoms in total. The molecule has 4 rings (SSSR count). The topological polar surface area (TPSA) is 63.6 Å². The highest BCUT2D eigenvalue weighted by atomic mass is 32.2. The summed E-state index contributed by atoms with van der Waals surface area (Å²) in [5.41, 5.74) is 5.16. The number of carbonyl (C=O) groups excluding carboxylic acids is 1. The number of aryl methyl sites for hydroxylation is 2. The normalized spacial score (nSPS) is 11.2. The second kappa shape index (κ2) is 7.40. The van der Waals surface area contributed by atoms with E-state index in [0.29, 0.717) is 10.9 Å². The van der Waals surface area contributed by atoms with Crippen molar-refractivity contribution in [3.05, 3.63) is 71.7 Å². The Morgan fingerprint density at radius 1 is 1.19 bits per heavy atom. The minimum atomic E-state index is 0.0823. The lowest BCUT2D eigenvalue weighted by Crippen LogP contribution is -2.04. The number of H-pyrrole nitrogens is 1. The third-order valence-corrected chi connectivity index (χ3v) is 5.65. The summed E-state index contributed by atoms with van der Waals surface area (Å²) < 4.78 is 1.93. The van der Waals surface area contributed by atoms with Crippen LogP contribution in [0.5, 0.6) is 0 Å². The number of aromatic amines is 1. The van der Waals surface area contributed by atoms with Crippen molar-refractivity contribution in [2.24, 2.45) is 0 Å². The minimum Gasteiger partial charge on any atom is -0.360 e. The number of thioether (sulfide) groups is 1. The Hall–Kier alpha value is -2.86. The molecule has 0 bridgehead atoms. The minimum absolute atomic E-state index is 0.0823. The monoisotopic (exact) mass is 376 g/mol. The molecule has 0 aliphatic heterocycles. The molecule has 0 radical (unpaired) electrons. The van der Waals surface area contributed by atoms with E-state index in [1.54, 1.807) is 6.33 Å². The van der Waals surface area contributed by atoms with Crippen molar-refractivity contribution < 1.29 is 4.79 Å². The number of carbonyl (C=O) groups is 1. The van der Waals surface area contributed by atoms with Crippen LogP contribution in [0.1, 0.15) is 28.4 Å². The van der Waals surface area contributed by atoms with E-state index in [-0.39, 0.29) is 5.78 Å². The van der Waals surface area contributed by atoms with Gasteiger partial charge in [0.1, 0.15) is 6.33 Å². The second-order valence-electron chi connectivity index (χ2n) is 6.38. The Bertz CT molecular complexity index is 1110. The molecule has 0 aliphatic carbocycles. The average Bonchev–Trinajstić information content (AvgIpc) is 3.33. The first-order valence-electron chi connectivity index (χ1n) is 8.90. The van der Waals surface area contributed by atoms with Crippen LogP contribution in [-0.2, 0) is 6.42 Å². The summed E-state index contributed by atoms with van der Waals surface area (Å²) in [6.07, 6.45) is 4.44. The van der Waals surface area contributed by atoms with Crippen molar-refractivity contribution in [2.45, 2.75) is 25.4 Å². The lowest BCUT2D eigenvalue weighted by Gasteiger charge is -2.08. The summed E-state index contributed by atoms with van der Waals surface area (Å²) in [5.74, 6) is 0.396. The summed E-state index contributed by atoms with van der Waals surface area (Å²) in [4.78, 5) is 16.1. The molecule has 2 heterocycles. The van der Waals surface area contributed by atoms with Gasteiger partial charge in [-0.05, 0) is 30.5 Å². The standard InChI is InChI=1S/C21H20N4OS/c1-3-15-8-6-9-16-17(11-22-20(15)16)19(26)12-27-21-24-23-13-25(21)18-10-5-4-7-14(18)2/h4-11,13,22H,3,12H2,1-2H3. The summed E-state index contributed by atoms with van der Waals surface area (Å²) >= 11 is 1.41. The molecule has 0 unspecified atom stereocenters. The van der Waals surface area contributed by atoms with Gasteiger partial charge >= 0.3 is 0 Å². The van der Waals surface area contributed by atoms with Gasteiger partial charge in [0.2, 0.25) is 0 Å². The predicted molar refractivity (Wildman–Crippen MR) is 109 cm³/mol. The van der Waals surface area contributed by atoms with Crippen molar-refractivity contribution in [1.29, 1.82) is 0 Å². The van der Waals surface area contributed by atoms with Gasteiger partial charge in [-0.15, -0.1) is 10.2 Å². The van der Waals surface area contributed by atoms with Crippen LogP contribution < -0.4 is 0 Å². The highest BCUT2D eigenvalue weighted by molar-refractivity contribution is 7.99. The molecule has 0 saturated carbocycles. The van der Waals surface area contributed by atoms with Gasteiger partial charge in [0, 0.05) is 22.7 Å². The Morgan fingerprint density at radius 2 is 2.04 bits per heavy atom. The Morgan fingerprint density at radius 3 is 2.85 bits per heavy atom. The van der Waals surface area contributed by atoms with E-state index in [9.17, 15) is 4.79 Å². The molecule has 0 fully saturated rings. The highest BCUT2D eigenvalue weighted by Crippen LogP contribution is 2.26. The molecule has 2 aromatic heterocycles. The third kappa shape index (κ3) is 3.28. The highest BCUT2D eigenvalue weighted by Gasteiger charge is 2.16. The molecule has 27 heavy (non-hydrogen) atoms. The van der Waals surface area contributed by atoms with Crippen molar-refractivity contribution in [3.63, 3.8) is 0 Å². The molecule has 4 aromatic rings. The number of para-hydroxylation sites is 2. The average molecular weight is 376 g/mol. The number of aromatic nitrogens is 4. The van der Waals surface area contributed by atoms with Crippen LogP contribution in [0.4, 0.5) is 0 Å². The first kappa shape index (κ1) is 17.5. The molecule has 0 spiro atoms. The molecule has 0 aliphatic rings. The van der Waals surface area contributed by atoms with Crippen molar-refractivity contribution in [2.75, 3.05) is 5.75 Å². The van der Waals surface area contributed by atoms with Crippen LogP contribution in [0.3, 0.4) is 0 Å². The second-order valence-corrected chi connectivity index (χ2v) is 7.32. The number of nitrogens with one attached hydrogen (secondary N) is 1. The van der Waals surface area contributed by atoms with Crippen LogP contribution in [-0.4, -0.2) is 31.3 Å². The number of rotatable bonds is 6. The predicted octanol–water partition coefficient (Wildman–Crippen LogP) is 4.59. The zero-order chi connectivity index (χ0) is 18.8. The SMILES string of the molecule is CCc1cccc2c(C(=O)CSc3nncn3-c3ccccc3C)c[nH]c12. The van der Waals surface area contributed by atoms with Gasteiger partial charge in [0.15, 0.2) is 10.9 Å². The first-order chi connectivity index (χ1) is 13.2. The summed E-state index contributed by atoms with van der Waals surface area (Å²) in [6, 6.07) is 14.2. The fourth-order valence-corrected chi connectivity index (χ4v) is 4.08. The fourth-order valence-electron chi connectivity index (χ4n) is 3.27. The van der Waals surface area contributed by atoms with Crippen LogP contribution >= 0.6 is 11.8 Å². The summed E-state index contributed by atoms with van der Waals surface area (Å²) in [6.45, 7) is 4.16. The van der Waals surface area contributed by atoms with Crippen molar-refractivity contribution in [3.8, 4) is 5.69 Å². The maximum atomic E-state index is 12.8. The number of Topliss-reactive ketones (excluding diaryl/α,β-unsaturated/α-hetero) is 1. The van der Waals surface area contributed by atoms with E-state index in [1.807, 2.05) is 54.1 Å². The van der Waals surface area contributed by atoms with E-state index >= 15 is 0 Å². The van der Waals surface area contributed by atoms with Gasteiger partial charge in [-0.25, -0.2) is 0 Å². The lowest BCUT2D eigenvalue weighted by atomic mass is 10.1. The van der Waals surface area contributed by atoms with E-state index in [0.717, 1.165) is 34.1 Å². The van der Waals surface area contributed by atoms with E-state index in [2.05, 4.69) is 28.2 Å². The summed E-state index contributed by atoms with van der Waals surface area (Å²) in [5, 5.41) is 9.92. The number of fused-ring (bicyclic) bond motifs is 1. The van der Waals surface area contributed by atoms with Gasteiger partial charge in [0.05, 0.1) is 11.4 Å². The van der Waals surface area contributed by atoms with Crippen molar-refractivity contribution >= 4 is 28.4 Å². The van der Waals surface area contributed by atoms with E-state index in [4.69, 9.17) is 0 Å². The smallest absolute Gasteiger partial charge is 0.196 e. The maximum Gasteiger partial charge on any atom is 0.196 e. The lowest BCUT2D eigenvalue weighted by molar-refractivity contribution is 0.102. The Balaban J connectivity index is 1.56. The zero-order valence-electron chi connectivity index (χ0n) is 15.3. The number of hydrogen-bond donors (Lipinski definition) is 1. The number of nitrogens with zero attached hydrogens (tertiary/aromatic N) is 3. The summed E-state index contributed by atoms with van der Waals surface area (Å²) in [7, 11) is 0. The van der Waals surface area contributed by atoms with Gasteiger partial charge in [-0.3, -0.25) is 9.36 Å². The van der Waals surface area contributed by atoms with Gasteiger partial charge in [0.25, 0.3) is 0 Å².